The Hall–Kier alpha value is -4.69. The van der Waals surface area contributed by atoms with Crippen LogP contribution in [-0.4, -0.2) is 23.6 Å². The van der Waals surface area contributed by atoms with Crippen molar-refractivity contribution < 1.29 is 28.3 Å². The van der Waals surface area contributed by atoms with Gasteiger partial charge in [0.15, 0.2) is 5.76 Å². The smallest absolute Gasteiger partial charge is 0.296 e. The highest BCUT2D eigenvalue weighted by Crippen LogP contribution is 2.28. The zero-order chi connectivity index (χ0) is 25.3. The summed E-state index contributed by atoms with van der Waals surface area (Å²) in [5.74, 6) is -1.75. The van der Waals surface area contributed by atoms with Crippen LogP contribution in [-0.2, 0) is 20.9 Å². The van der Waals surface area contributed by atoms with Crippen molar-refractivity contribution in [3.05, 3.63) is 120 Å². The average Bonchev–Trinajstić information content (AvgIpc) is 3.44. The summed E-state index contributed by atoms with van der Waals surface area (Å²) in [6.07, 6.45) is 0.290. The second kappa shape index (κ2) is 11.6. The van der Waals surface area contributed by atoms with Gasteiger partial charge in [-0.2, -0.15) is 0 Å². The molecule has 182 valence electrons. The number of ketones is 1. The van der Waals surface area contributed by atoms with E-state index in [0.29, 0.717) is 17.1 Å². The number of carbonyl (C=O) groups is 3. The number of para-hydroxylation sites is 1. The van der Waals surface area contributed by atoms with Crippen LogP contribution in [0.2, 0.25) is 0 Å². The Balaban J connectivity index is 1.57. The SMILES string of the molecule is NC(=O)C(NC(=O)C(=O)c1ccco1)C(OCc1ccccc1)c1ccc(Oc2ccccc2)cc1. The van der Waals surface area contributed by atoms with Gasteiger partial charge in [-0.1, -0.05) is 60.7 Å². The molecule has 3 N–H and O–H groups in total. The Morgan fingerprint density at radius 1 is 0.806 bits per heavy atom. The number of benzene rings is 3. The number of nitrogens with two attached hydrogens (primary N) is 1. The number of primary amides is 1. The number of amides is 2. The highest BCUT2D eigenvalue weighted by atomic mass is 16.5. The molecule has 2 amide bonds. The Morgan fingerprint density at radius 2 is 1.44 bits per heavy atom. The predicted molar refractivity (Wildman–Crippen MR) is 131 cm³/mol. The normalized spacial score (nSPS) is 12.3. The lowest BCUT2D eigenvalue weighted by molar-refractivity contribution is -0.130. The molecule has 1 heterocycles. The van der Waals surface area contributed by atoms with Crippen molar-refractivity contribution in [2.24, 2.45) is 5.73 Å². The number of nitrogens with one attached hydrogen (secondary N) is 1. The summed E-state index contributed by atoms with van der Waals surface area (Å²) in [6.45, 7) is 0.138. The lowest BCUT2D eigenvalue weighted by Crippen LogP contribution is -2.50. The van der Waals surface area contributed by atoms with Crippen LogP contribution in [0.1, 0.15) is 27.8 Å². The molecule has 36 heavy (non-hydrogen) atoms. The van der Waals surface area contributed by atoms with Gasteiger partial charge in [-0.15, -0.1) is 0 Å². The summed E-state index contributed by atoms with van der Waals surface area (Å²) in [5, 5.41) is 2.41. The fourth-order valence-corrected chi connectivity index (χ4v) is 3.52. The van der Waals surface area contributed by atoms with Crippen LogP contribution in [0.25, 0.3) is 0 Å². The molecule has 0 fully saturated rings. The summed E-state index contributed by atoms with van der Waals surface area (Å²) in [6, 6.07) is 27.0. The summed E-state index contributed by atoms with van der Waals surface area (Å²) in [7, 11) is 0. The number of hydrogen-bond acceptors (Lipinski definition) is 6. The molecule has 0 aliphatic rings. The van der Waals surface area contributed by atoms with Crippen molar-refractivity contribution in [3.8, 4) is 11.5 Å². The van der Waals surface area contributed by atoms with Gasteiger partial charge in [0.25, 0.3) is 11.7 Å². The van der Waals surface area contributed by atoms with Crippen molar-refractivity contribution in [1.29, 1.82) is 0 Å². The van der Waals surface area contributed by atoms with Crippen LogP contribution in [0, 0.1) is 0 Å². The minimum atomic E-state index is -1.33. The van der Waals surface area contributed by atoms with E-state index in [1.807, 2.05) is 60.7 Å². The van der Waals surface area contributed by atoms with E-state index in [4.69, 9.17) is 19.6 Å². The molecule has 0 saturated heterocycles. The van der Waals surface area contributed by atoms with Gasteiger partial charge in [0.05, 0.1) is 12.9 Å². The molecule has 0 aliphatic heterocycles. The average molecular weight is 485 g/mol. The first kappa shape index (κ1) is 24.4. The van der Waals surface area contributed by atoms with Gasteiger partial charge in [-0.3, -0.25) is 14.4 Å². The molecular weight excluding hydrogens is 460 g/mol. The monoisotopic (exact) mass is 484 g/mol. The fraction of sp³-hybridized carbons (Fsp3) is 0.107. The standard InChI is InChI=1S/C28H24N2O6/c29-27(32)24(30-28(33)25(31)23-12-7-17-34-23)26(35-18-19-8-3-1-4-9-19)20-13-15-22(16-14-20)36-21-10-5-2-6-11-21/h1-17,24,26H,18H2,(H2,29,32)(H,30,33). The number of ether oxygens (including phenoxy) is 2. The van der Waals surface area contributed by atoms with E-state index in [1.165, 1.54) is 18.4 Å². The largest absolute Gasteiger partial charge is 0.461 e. The zero-order valence-corrected chi connectivity index (χ0v) is 19.2. The molecule has 4 rings (SSSR count). The molecule has 8 nitrogen and oxygen atoms in total. The fourth-order valence-electron chi connectivity index (χ4n) is 3.52. The molecule has 0 saturated carbocycles. The van der Waals surface area contributed by atoms with E-state index >= 15 is 0 Å². The zero-order valence-electron chi connectivity index (χ0n) is 19.2. The second-order valence-electron chi connectivity index (χ2n) is 7.86. The maximum absolute atomic E-state index is 12.6. The van der Waals surface area contributed by atoms with Crippen molar-refractivity contribution in [2.45, 2.75) is 18.8 Å². The number of Topliss-reactive ketones (excluding diaryl/α,β-unsaturated/α-hetero) is 1. The molecule has 0 radical (unpaired) electrons. The molecular formula is C28H24N2O6. The van der Waals surface area contributed by atoms with Gasteiger partial charge in [0.1, 0.15) is 23.6 Å². The van der Waals surface area contributed by atoms with Crippen LogP contribution in [0.4, 0.5) is 0 Å². The molecule has 8 heteroatoms. The third kappa shape index (κ3) is 6.25. The van der Waals surface area contributed by atoms with Crippen LogP contribution >= 0.6 is 0 Å². The van der Waals surface area contributed by atoms with E-state index in [9.17, 15) is 14.4 Å². The molecule has 1 aromatic heterocycles. The lowest BCUT2D eigenvalue weighted by atomic mass is 10.0. The van der Waals surface area contributed by atoms with Crippen LogP contribution in [0.5, 0.6) is 11.5 Å². The number of furan rings is 1. The molecule has 4 aromatic rings. The summed E-state index contributed by atoms with van der Waals surface area (Å²) >= 11 is 0. The third-order valence-electron chi connectivity index (χ3n) is 5.31. The minimum absolute atomic E-state index is 0.138. The molecule has 2 atom stereocenters. The molecule has 2 unspecified atom stereocenters. The highest BCUT2D eigenvalue weighted by Gasteiger charge is 2.33. The first-order valence-corrected chi connectivity index (χ1v) is 11.2. The van der Waals surface area contributed by atoms with Gasteiger partial charge in [-0.05, 0) is 47.5 Å². The number of rotatable bonds is 11. The van der Waals surface area contributed by atoms with Crippen molar-refractivity contribution in [2.75, 3.05) is 0 Å². The van der Waals surface area contributed by atoms with Crippen molar-refractivity contribution >= 4 is 17.6 Å². The second-order valence-corrected chi connectivity index (χ2v) is 7.86. The quantitative estimate of drug-likeness (QED) is 0.243. The summed E-state index contributed by atoms with van der Waals surface area (Å²) in [4.78, 5) is 37.5. The Bertz CT molecular complexity index is 1290. The van der Waals surface area contributed by atoms with E-state index in [1.54, 1.807) is 24.3 Å². The number of hydrogen-bond donors (Lipinski definition) is 2. The van der Waals surface area contributed by atoms with Gasteiger partial charge >= 0.3 is 0 Å². The van der Waals surface area contributed by atoms with Gasteiger partial charge < -0.3 is 24.9 Å². The van der Waals surface area contributed by atoms with Gasteiger partial charge in [-0.25, -0.2) is 0 Å². The lowest BCUT2D eigenvalue weighted by Gasteiger charge is -2.26. The summed E-state index contributed by atoms with van der Waals surface area (Å²) < 4.78 is 16.9. The van der Waals surface area contributed by atoms with E-state index in [0.717, 1.165) is 5.56 Å². The first-order valence-electron chi connectivity index (χ1n) is 11.2. The first-order chi connectivity index (χ1) is 17.5. The Morgan fingerprint density at radius 3 is 2.06 bits per heavy atom. The molecule has 0 bridgehead atoms. The number of carbonyl (C=O) groups excluding carboxylic acids is 3. The van der Waals surface area contributed by atoms with Crippen LogP contribution in [0.15, 0.2) is 108 Å². The molecule has 0 spiro atoms. The maximum Gasteiger partial charge on any atom is 0.296 e. The highest BCUT2D eigenvalue weighted by molar-refractivity contribution is 6.42. The van der Waals surface area contributed by atoms with E-state index in [-0.39, 0.29) is 12.4 Å². The van der Waals surface area contributed by atoms with Crippen LogP contribution in [0.3, 0.4) is 0 Å². The molecule has 0 aliphatic carbocycles. The maximum atomic E-state index is 12.6. The van der Waals surface area contributed by atoms with E-state index < -0.39 is 29.7 Å². The van der Waals surface area contributed by atoms with E-state index in [2.05, 4.69) is 5.32 Å². The van der Waals surface area contributed by atoms with Crippen molar-refractivity contribution in [1.82, 2.24) is 5.32 Å². The molecule has 3 aromatic carbocycles. The topological polar surface area (TPSA) is 121 Å². The predicted octanol–water partition coefficient (Wildman–Crippen LogP) is 4.18. The van der Waals surface area contributed by atoms with Crippen LogP contribution < -0.4 is 15.8 Å². The Kier molecular flexibility index (Phi) is 7.90. The third-order valence-corrected chi connectivity index (χ3v) is 5.31. The van der Waals surface area contributed by atoms with Gasteiger partial charge in [0.2, 0.25) is 5.91 Å². The Labute approximate surface area is 207 Å². The summed E-state index contributed by atoms with van der Waals surface area (Å²) in [5.41, 5.74) is 7.06. The minimum Gasteiger partial charge on any atom is -0.461 e. The van der Waals surface area contributed by atoms with Gasteiger partial charge in [0, 0.05) is 0 Å². The van der Waals surface area contributed by atoms with Crippen molar-refractivity contribution in [3.63, 3.8) is 0 Å².